The van der Waals surface area contributed by atoms with Crippen LogP contribution >= 0.6 is 0 Å². The maximum atomic E-state index is 12.3. The van der Waals surface area contributed by atoms with E-state index in [0.29, 0.717) is 18.9 Å². The zero-order chi connectivity index (χ0) is 16.8. The number of carbonyl (C=O) groups is 1. The molecule has 2 unspecified atom stereocenters. The summed E-state index contributed by atoms with van der Waals surface area (Å²) in [5.41, 5.74) is 2.31. The summed E-state index contributed by atoms with van der Waals surface area (Å²) in [5, 5.41) is 3.03. The average molecular weight is 319 g/mol. The van der Waals surface area contributed by atoms with Crippen molar-refractivity contribution in [1.29, 1.82) is 0 Å². The van der Waals surface area contributed by atoms with Crippen molar-refractivity contribution in [3.05, 3.63) is 29.3 Å². The molecule has 1 N–H and O–H groups in total. The van der Waals surface area contributed by atoms with Crippen LogP contribution in [0.5, 0.6) is 5.75 Å². The van der Waals surface area contributed by atoms with E-state index in [1.165, 1.54) is 5.56 Å². The Kier molecular flexibility index (Phi) is 6.46. The van der Waals surface area contributed by atoms with E-state index in [2.05, 4.69) is 31.3 Å². The fourth-order valence-electron chi connectivity index (χ4n) is 3.18. The number of aryl methyl sites for hydroxylation is 1. The first-order valence-electron chi connectivity index (χ1n) is 8.54. The van der Waals surface area contributed by atoms with Gasteiger partial charge < -0.3 is 14.8 Å². The number of rotatable bonds is 7. The van der Waals surface area contributed by atoms with Gasteiger partial charge >= 0.3 is 0 Å². The van der Waals surface area contributed by atoms with Crippen molar-refractivity contribution in [1.82, 2.24) is 5.32 Å². The Bertz CT molecular complexity index is 521. The van der Waals surface area contributed by atoms with Crippen LogP contribution in [-0.2, 0) is 9.53 Å². The van der Waals surface area contributed by atoms with Crippen LogP contribution < -0.4 is 10.1 Å². The number of carbonyl (C=O) groups excluding carboxylic acids is 1. The lowest BCUT2D eigenvalue weighted by Gasteiger charge is -2.22. The van der Waals surface area contributed by atoms with Crippen molar-refractivity contribution in [3.8, 4) is 5.75 Å². The molecule has 0 aromatic heterocycles. The van der Waals surface area contributed by atoms with E-state index in [9.17, 15) is 4.79 Å². The highest BCUT2D eigenvalue weighted by Gasteiger charge is 2.22. The fraction of sp³-hybridized carbons (Fsp3) is 0.632. The second-order valence-corrected chi connectivity index (χ2v) is 6.72. The molecular weight excluding hydrogens is 290 g/mol. The van der Waals surface area contributed by atoms with E-state index < -0.39 is 0 Å². The first-order valence-corrected chi connectivity index (χ1v) is 8.54. The Morgan fingerprint density at radius 1 is 1.43 bits per heavy atom. The highest BCUT2D eigenvalue weighted by atomic mass is 16.5. The van der Waals surface area contributed by atoms with E-state index in [-0.39, 0.29) is 17.9 Å². The van der Waals surface area contributed by atoms with Gasteiger partial charge in [0.2, 0.25) is 5.91 Å². The maximum absolute atomic E-state index is 12.3. The molecule has 0 saturated carbocycles. The lowest BCUT2D eigenvalue weighted by Crippen LogP contribution is -2.33. The van der Waals surface area contributed by atoms with Gasteiger partial charge in [0.15, 0.2) is 0 Å². The number of hydrogen-bond donors (Lipinski definition) is 1. The summed E-state index contributed by atoms with van der Waals surface area (Å²) in [5.74, 6) is 1.60. The van der Waals surface area contributed by atoms with Crippen LogP contribution in [0.15, 0.2) is 18.2 Å². The van der Waals surface area contributed by atoms with Crippen LogP contribution in [0.3, 0.4) is 0 Å². The van der Waals surface area contributed by atoms with Gasteiger partial charge in [-0.2, -0.15) is 0 Å². The predicted octanol–water partition coefficient (Wildman–Crippen LogP) is 3.43. The van der Waals surface area contributed by atoms with E-state index in [4.69, 9.17) is 9.47 Å². The molecule has 23 heavy (non-hydrogen) atoms. The van der Waals surface area contributed by atoms with Crippen LogP contribution in [0.25, 0.3) is 0 Å². The third kappa shape index (κ3) is 4.96. The summed E-state index contributed by atoms with van der Waals surface area (Å²) >= 11 is 0. The second-order valence-electron chi connectivity index (χ2n) is 6.72. The molecular formula is C19H29NO3. The Hall–Kier alpha value is -1.55. The number of amides is 1. The zero-order valence-corrected chi connectivity index (χ0v) is 14.7. The molecule has 2 rings (SSSR count). The Labute approximate surface area is 139 Å². The lowest BCUT2D eigenvalue weighted by atomic mass is 9.85. The van der Waals surface area contributed by atoms with Crippen LogP contribution in [0.4, 0.5) is 0 Å². The van der Waals surface area contributed by atoms with Gasteiger partial charge in [-0.15, -0.1) is 0 Å². The van der Waals surface area contributed by atoms with Crippen LogP contribution in [-0.4, -0.2) is 32.3 Å². The standard InChI is InChI=1S/C19H29NO3/c1-13(2)17(15-7-8-18(22-4)14(3)10-15)11-19(21)20-12-16-6-5-9-23-16/h7-8,10,13,16-17H,5-6,9,11-12H2,1-4H3,(H,20,21). The van der Waals surface area contributed by atoms with E-state index >= 15 is 0 Å². The van der Waals surface area contributed by atoms with Crippen molar-refractivity contribution >= 4 is 5.91 Å². The molecule has 0 radical (unpaired) electrons. The maximum Gasteiger partial charge on any atom is 0.220 e. The molecule has 128 valence electrons. The topological polar surface area (TPSA) is 47.6 Å². The Balaban J connectivity index is 1.97. The molecule has 4 nitrogen and oxygen atoms in total. The smallest absolute Gasteiger partial charge is 0.220 e. The third-order valence-corrected chi connectivity index (χ3v) is 4.61. The highest BCUT2D eigenvalue weighted by molar-refractivity contribution is 5.77. The van der Waals surface area contributed by atoms with Crippen molar-refractivity contribution in [3.63, 3.8) is 0 Å². The fourth-order valence-corrected chi connectivity index (χ4v) is 3.18. The molecule has 0 aliphatic carbocycles. The number of hydrogen-bond acceptors (Lipinski definition) is 3. The van der Waals surface area contributed by atoms with Crippen molar-refractivity contribution < 1.29 is 14.3 Å². The molecule has 4 heteroatoms. The highest BCUT2D eigenvalue weighted by Crippen LogP contribution is 2.31. The van der Waals surface area contributed by atoms with Crippen molar-refractivity contribution in [2.45, 2.75) is 52.1 Å². The number of benzene rings is 1. The number of nitrogens with one attached hydrogen (secondary N) is 1. The summed E-state index contributed by atoms with van der Waals surface area (Å²) in [6.07, 6.45) is 2.85. The Morgan fingerprint density at radius 3 is 2.78 bits per heavy atom. The van der Waals surface area contributed by atoms with Gasteiger partial charge in [-0.25, -0.2) is 0 Å². The molecule has 1 fully saturated rings. The molecule has 1 saturated heterocycles. The first kappa shape index (κ1) is 17.8. The molecule has 1 aromatic carbocycles. The minimum absolute atomic E-state index is 0.104. The lowest BCUT2D eigenvalue weighted by molar-refractivity contribution is -0.122. The monoisotopic (exact) mass is 319 g/mol. The van der Waals surface area contributed by atoms with Crippen molar-refractivity contribution in [2.24, 2.45) is 5.92 Å². The molecule has 2 atom stereocenters. The molecule has 1 amide bonds. The third-order valence-electron chi connectivity index (χ3n) is 4.61. The van der Waals surface area contributed by atoms with Crippen LogP contribution in [0, 0.1) is 12.8 Å². The summed E-state index contributed by atoms with van der Waals surface area (Å²) in [6.45, 7) is 7.82. The van der Waals surface area contributed by atoms with Gasteiger partial charge in [0.1, 0.15) is 5.75 Å². The number of ether oxygens (including phenoxy) is 2. The normalized spacial score (nSPS) is 18.9. The van der Waals surface area contributed by atoms with E-state index in [1.807, 2.05) is 13.0 Å². The largest absolute Gasteiger partial charge is 0.496 e. The second kappa shape index (κ2) is 8.34. The number of methoxy groups -OCH3 is 1. The average Bonchev–Trinajstić information content (AvgIpc) is 3.03. The summed E-state index contributed by atoms with van der Waals surface area (Å²) < 4.78 is 10.9. The van der Waals surface area contributed by atoms with Crippen LogP contribution in [0.2, 0.25) is 0 Å². The summed E-state index contributed by atoms with van der Waals surface area (Å²) in [4.78, 5) is 12.3. The van der Waals surface area contributed by atoms with Gasteiger partial charge in [-0.1, -0.05) is 26.0 Å². The summed E-state index contributed by atoms with van der Waals surface area (Å²) in [7, 11) is 1.68. The predicted molar refractivity (Wildman–Crippen MR) is 91.9 cm³/mol. The molecule has 1 heterocycles. The van der Waals surface area contributed by atoms with Gasteiger partial charge in [0, 0.05) is 19.6 Å². The molecule has 1 aromatic rings. The minimum Gasteiger partial charge on any atom is -0.496 e. The Morgan fingerprint density at radius 2 is 2.22 bits per heavy atom. The molecule has 1 aliphatic rings. The van der Waals surface area contributed by atoms with E-state index in [0.717, 1.165) is 30.8 Å². The van der Waals surface area contributed by atoms with Crippen LogP contribution in [0.1, 0.15) is 50.2 Å². The quantitative estimate of drug-likeness (QED) is 0.837. The van der Waals surface area contributed by atoms with Gasteiger partial charge in [0.25, 0.3) is 0 Å². The molecule has 0 spiro atoms. The van der Waals surface area contributed by atoms with Gasteiger partial charge in [-0.05, 0) is 48.8 Å². The van der Waals surface area contributed by atoms with Gasteiger partial charge in [-0.3, -0.25) is 4.79 Å². The van der Waals surface area contributed by atoms with Crippen molar-refractivity contribution in [2.75, 3.05) is 20.3 Å². The summed E-state index contributed by atoms with van der Waals surface area (Å²) in [6, 6.07) is 6.20. The SMILES string of the molecule is COc1ccc(C(CC(=O)NCC2CCCO2)C(C)C)cc1C. The van der Waals surface area contributed by atoms with Gasteiger partial charge in [0.05, 0.1) is 13.2 Å². The minimum atomic E-state index is 0.104. The van der Waals surface area contributed by atoms with E-state index in [1.54, 1.807) is 7.11 Å². The first-order chi connectivity index (χ1) is 11.0. The molecule has 0 bridgehead atoms. The molecule has 1 aliphatic heterocycles. The zero-order valence-electron chi connectivity index (χ0n) is 14.7.